The Morgan fingerprint density at radius 3 is 2.67 bits per heavy atom. The van der Waals surface area contributed by atoms with Crippen molar-refractivity contribution in [2.75, 3.05) is 0 Å². The number of halogens is 1. The average molecular weight is 307 g/mol. The highest BCUT2D eigenvalue weighted by Gasteiger charge is 2.28. The van der Waals surface area contributed by atoms with Gasteiger partial charge in [-0.15, -0.1) is 0 Å². The maximum atomic E-state index is 10.5. The van der Waals surface area contributed by atoms with Gasteiger partial charge in [0.2, 0.25) is 0 Å². The van der Waals surface area contributed by atoms with Crippen LogP contribution >= 0.6 is 11.6 Å². The summed E-state index contributed by atoms with van der Waals surface area (Å²) < 4.78 is 7.56. The van der Waals surface area contributed by atoms with Gasteiger partial charge in [-0.25, -0.2) is 4.98 Å². The maximum absolute atomic E-state index is 10.5. The van der Waals surface area contributed by atoms with Crippen LogP contribution in [-0.2, 0) is 0 Å². The lowest BCUT2D eigenvalue weighted by Crippen LogP contribution is -2.30. The summed E-state index contributed by atoms with van der Waals surface area (Å²) in [6.45, 7) is 5.82. The molecule has 2 aromatic rings. The maximum Gasteiger partial charge on any atom is 0.150 e. The summed E-state index contributed by atoms with van der Waals surface area (Å²) in [4.78, 5) is 3.98. The first-order valence-corrected chi connectivity index (χ1v) is 7.05. The summed E-state index contributed by atoms with van der Waals surface area (Å²) in [7, 11) is 0. The first kappa shape index (κ1) is 15.6. The van der Waals surface area contributed by atoms with E-state index in [-0.39, 0.29) is 5.41 Å². The van der Waals surface area contributed by atoms with Crippen molar-refractivity contribution in [2.24, 2.45) is 5.41 Å². The molecule has 2 rings (SSSR count). The second-order valence-electron chi connectivity index (χ2n) is 5.84. The second-order valence-corrected chi connectivity index (χ2v) is 6.25. The smallest absolute Gasteiger partial charge is 0.150 e. The van der Waals surface area contributed by atoms with E-state index >= 15 is 0 Å². The standard InChI is InChI=1S/C16H19ClN2O2/c1-16(2,3)15(20)14(10-19-9-8-18-11-19)21-13-7-5-4-6-12(13)17/h4-11,15,20H,1-3H3. The van der Waals surface area contributed by atoms with Gasteiger partial charge in [0.05, 0.1) is 17.5 Å². The highest BCUT2D eigenvalue weighted by Crippen LogP contribution is 2.31. The van der Waals surface area contributed by atoms with Gasteiger partial charge in [-0.3, -0.25) is 0 Å². The van der Waals surface area contributed by atoms with E-state index in [1.165, 1.54) is 0 Å². The van der Waals surface area contributed by atoms with Crippen LogP contribution in [0.2, 0.25) is 5.02 Å². The van der Waals surface area contributed by atoms with Crippen LogP contribution in [0.25, 0.3) is 6.20 Å². The SMILES string of the molecule is CC(C)(C)C(O)C(=Cn1ccnc1)Oc1ccccc1Cl. The Hall–Kier alpha value is -1.78. The Balaban J connectivity index is 2.35. The fraction of sp³-hybridized carbons (Fsp3) is 0.312. The molecule has 0 saturated carbocycles. The van der Waals surface area contributed by atoms with Crippen molar-refractivity contribution in [1.82, 2.24) is 9.55 Å². The van der Waals surface area contributed by atoms with E-state index in [0.717, 1.165) is 0 Å². The van der Waals surface area contributed by atoms with Crippen molar-refractivity contribution < 1.29 is 9.84 Å². The first-order chi connectivity index (χ1) is 9.88. The molecule has 1 aromatic carbocycles. The topological polar surface area (TPSA) is 47.3 Å². The minimum atomic E-state index is -0.781. The number of nitrogens with zero attached hydrogens (tertiary/aromatic N) is 2. The minimum Gasteiger partial charge on any atom is -0.456 e. The van der Waals surface area contributed by atoms with E-state index in [1.807, 2.05) is 32.9 Å². The lowest BCUT2D eigenvalue weighted by molar-refractivity contribution is 0.0637. The van der Waals surface area contributed by atoms with Crippen LogP contribution in [0.5, 0.6) is 5.75 Å². The summed E-state index contributed by atoms with van der Waals surface area (Å²) in [5.41, 5.74) is -0.367. The van der Waals surface area contributed by atoms with Crippen molar-refractivity contribution in [3.8, 4) is 5.75 Å². The zero-order valence-electron chi connectivity index (χ0n) is 12.3. The zero-order chi connectivity index (χ0) is 15.5. The Morgan fingerprint density at radius 2 is 2.10 bits per heavy atom. The Bertz CT molecular complexity index is 615. The number of hydrogen-bond acceptors (Lipinski definition) is 3. The van der Waals surface area contributed by atoms with Crippen LogP contribution < -0.4 is 4.74 Å². The molecule has 0 bridgehead atoms. The molecule has 0 radical (unpaired) electrons. The molecular weight excluding hydrogens is 288 g/mol. The predicted octanol–water partition coefficient (Wildman–Crippen LogP) is 3.82. The van der Waals surface area contributed by atoms with Gasteiger partial charge in [-0.1, -0.05) is 44.5 Å². The van der Waals surface area contributed by atoms with Crippen LogP contribution in [-0.4, -0.2) is 20.8 Å². The number of aliphatic hydroxyl groups is 1. The molecule has 1 heterocycles. The normalized spacial score (nSPS) is 14.0. The van der Waals surface area contributed by atoms with Crippen LogP contribution in [0.1, 0.15) is 20.8 Å². The monoisotopic (exact) mass is 306 g/mol. The van der Waals surface area contributed by atoms with Crippen molar-refractivity contribution in [3.63, 3.8) is 0 Å². The van der Waals surface area contributed by atoms with Crippen molar-refractivity contribution in [2.45, 2.75) is 26.9 Å². The van der Waals surface area contributed by atoms with Gasteiger partial charge in [-0.2, -0.15) is 0 Å². The highest BCUT2D eigenvalue weighted by molar-refractivity contribution is 6.32. The van der Waals surface area contributed by atoms with E-state index in [0.29, 0.717) is 16.5 Å². The number of aromatic nitrogens is 2. The molecule has 112 valence electrons. The Kier molecular flexibility index (Phi) is 4.70. The molecular formula is C16H19ClN2O2. The number of imidazole rings is 1. The number of para-hydroxylation sites is 1. The molecule has 1 N–H and O–H groups in total. The molecule has 0 saturated heterocycles. The lowest BCUT2D eigenvalue weighted by Gasteiger charge is -2.28. The second kappa shape index (κ2) is 6.33. The molecule has 5 heteroatoms. The predicted molar refractivity (Wildman–Crippen MR) is 84.0 cm³/mol. The number of benzene rings is 1. The van der Waals surface area contributed by atoms with Gasteiger partial charge in [0, 0.05) is 12.4 Å². The van der Waals surface area contributed by atoms with E-state index < -0.39 is 6.10 Å². The van der Waals surface area contributed by atoms with E-state index in [2.05, 4.69) is 4.98 Å². The van der Waals surface area contributed by atoms with Crippen molar-refractivity contribution in [3.05, 3.63) is 53.8 Å². The molecule has 0 aliphatic rings. The third-order valence-corrected chi connectivity index (χ3v) is 3.27. The molecule has 1 aromatic heterocycles. The molecule has 0 fully saturated rings. The van der Waals surface area contributed by atoms with Gasteiger partial charge < -0.3 is 14.4 Å². The molecule has 4 nitrogen and oxygen atoms in total. The van der Waals surface area contributed by atoms with Crippen molar-refractivity contribution in [1.29, 1.82) is 0 Å². The van der Waals surface area contributed by atoms with E-state index in [9.17, 15) is 5.11 Å². The summed E-state index contributed by atoms with van der Waals surface area (Å²) in [6.07, 6.45) is 5.98. The quantitative estimate of drug-likeness (QED) is 0.874. The summed E-state index contributed by atoms with van der Waals surface area (Å²) in [5.74, 6) is 0.919. The fourth-order valence-corrected chi connectivity index (χ4v) is 1.90. The summed E-state index contributed by atoms with van der Waals surface area (Å²) in [5, 5.41) is 11.0. The summed E-state index contributed by atoms with van der Waals surface area (Å²) in [6, 6.07) is 7.17. The van der Waals surface area contributed by atoms with Crippen molar-refractivity contribution >= 4 is 17.8 Å². The molecule has 1 atom stereocenters. The largest absolute Gasteiger partial charge is 0.456 e. The lowest BCUT2D eigenvalue weighted by atomic mass is 9.88. The Morgan fingerprint density at radius 1 is 1.38 bits per heavy atom. The molecule has 21 heavy (non-hydrogen) atoms. The van der Waals surface area contributed by atoms with Crippen LogP contribution in [0, 0.1) is 5.41 Å². The number of rotatable bonds is 4. The van der Waals surface area contributed by atoms with E-state index in [4.69, 9.17) is 16.3 Å². The summed E-state index contributed by atoms with van der Waals surface area (Å²) >= 11 is 6.12. The zero-order valence-corrected chi connectivity index (χ0v) is 13.1. The fourth-order valence-electron chi connectivity index (χ4n) is 1.73. The molecule has 1 unspecified atom stereocenters. The molecule has 0 amide bonds. The van der Waals surface area contributed by atoms with Gasteiger partial charge >= 0.3 is 0 Å². The number of aliphatic hydroxyl groups excluding tert-OH is 1. The van der Waals surface area contributed by atoms with Crippen LogP contribution in [0.4, 0.5) is 0 Å². The van der Waals surface area contributed by atoms with Gasteiger partial charge in [-0.05, 0) is 17.5 Å². The first-order valence-electron chi connectivity index (χ1n) is 6.67. The molecule has 0 spiro atoms. The van der Waals surface area contributed by atoms with Gasteiger partial charge in [0.1, 0.15) is 17.6 Å². The highest BCUT2D eigenvalue weighted by atomic mass is 35.5. The van der Waals surface area contributed by atoms with Gasteiger partial charge in [0.15, 0.2) is 0 Å². The average Bonchev–Trinajstić information content (AvgIpc) is 2.91. The third-order valence-electron chi connectivity index (χ3n) is 2.96. The van der Waals surface area contributed by atoms with Gasteiger partial charge in [0.25, 0.3) is 0 Å². The number of hydrogen-bond donors (Lipinski definition) is 1. The molecule has 0 aliphatic carbocycles. The van der Waals surface area contributed by atoms with Crippen LogP contribution in [0.15, 0.2) is 48.7 Å². The van der Waals surface area contributed by atoms with E-state index in [1.54, 1.807) is 41.6 Å². The third kappa shape index (κ3) is 4.09. The Labute approximate surface area is 129 Å². The van der Waals surface area contributed by atoms with Crippen LogP contribution in [0.3, 0.4) is 0 Å². The minimum absolute atomic E-state index is 0.367. The number of ether oxygens (including phenoxy) is 1. The molecule has 0 aliphatic heterocycles.